The lowest BCUT2D eigenvalue weighted by molar-refractivity contribution is 0.0746. The Morgan fingerprint density at radius 2 is 1.50 bits per heavy atom. The second-order valence-electron chi connectivity index (χ2n) is 5.98. The summed E-state index contributed by atoms with van der Waals surface area (Å²) < 4.78 is 36.9. The van der Waals surface area contributed by atoms with Gasteiger partial charge in [0, 0.05) is 49.6 Å². The highest BCUT2D eigenvalue weighted by molar-refractivity contribution is 5.95. The largest absolute Gasteiger partial charge is 0.497 e. The maximum Gasteiger partial charge on any atom is 0.254 e. The smallest absolute Gasteiger partial charge is 0.254 e. The number of ether oxygens (including phenoxy) is 2. The Balaban J connectivity index is 1.69. The molecule has 0 radical (unpaired) electrons. The Bertz CT molecular complexity index is 783. The van der Waals surface area contributed by atoms with E-state index in [2.05, 4.69) is 0 Å². The van der Waals surface area contributed by atoms with E-state index in [0.717, 1.165) is 6.07 Å². The number of carbonyl (C=O) groups excluding carboxylic acids is 1. The lowest BCUT2D eigenvalue weighted by atomic mass is 10.1. The van der Waals surface area contributed by atoms with Crippen LogP contribution in [-0.2, 0) is 0 Å². The Hall–Kier alpha value is -2.83. The van der Waals surface area contributed by atoms with Crippen LogP contribution in [0.25, 0.3) is 0 Å². The predicted octanol–water partition coefficient (Wildman–Crippen LogP) is 2.94. The highest BCUT2D eigenvalue weighted by Gasteiger charge is 2.23. The summed E-state index contributed by atoms with van der Waals surface area (Å²) in [5, 5.41) is 0. The second-order valence-corrected chi connectivity index (χ2v) is 5.98. The van der Waals surface area contributed by atoms with E-state index in [1.165, 1.54) is 20.3 Å². The molecule has 0 atom stereocenters. The quantitative estimate of drug-likeness (QED) is 0.839. The van der Waals surface area contributed by atoms with Crippen molar-refractivity contribution in [2.75, 3.05) is 45.3 Å². The zero-order chi connectivity index (χ0) is 18.7. The molecule has 0 aromatic heterocycles. The number of carbonyl (C=O) groups is 1. The number of amides is 1. The number of hydrogen-bond donors (Lipinski definition) is 0. The summed E-state index contributed by atoms with van der Waals surface area (Å²) in [6.07, 6.45) is 0. The minimum atomic E-state index is -0.871. The summed E-state index contributed by atoms with van der Waals surface area (Å²) in [5.74, 6) is -0.757. The number of nitrogens with zero attached hydrogens (tertiary/aromatic N) is 2. The lowest BCUT2D eigenvalue weighted by Crippen LogP contribution is -2.48. The SMILES string of the molecule is COc1cc(OC)cc(C(=O)N2CCN(c3ccc(F)c(F)c3)CC2)c1. The van der Waals surface area contributed by atoms with Gasteiger partial charge in [-0.1, -0.05) is 0 Å². The predicted molar refractivity (Wildman–Crippen MR) is 94.0 cm³/mol. The van der Waals surface area contributed by atoms with E-state index in [0.29, 0.717) is 48.9 Å². The van der Waals surface area contributed by atoms with Gasteiger partial charge in [0.05, 0.1) is 14.2 Å². The van der Waals surface area contributed by atoms with E-state index < -0.39 is 11.6 Å². The van der Waals surface area contributed by atoms with Gasteiger partial charge in [-0.2, -0.15) is 0 Å². The van der Waals surface area contributed by atoms with Crippen molar-refractivity contribution in [2.24, 2.45) is 0 Å². The summed E-state index contributed by atoms with van der Waals surface area (Å²) in [6.45, 7) is 2.05. The molecule has 1 aliphatic heterocycles. The van der Waals surface area contributed by atoms with Crippen molar-refractivity contribution in [3.8, 4) is 11.5 Å². The number of hydrogen-bond acceptors (Lipinski definition) is 4. The molecule has 7 heteroatoms. The van der Waals surface area contributed by atoms with Gasteiger partial charge < -0.3 is 19.3 Å². The summed E-state index contributed by atoms with van der Waals surface area (Å²) >= 11 is 0. The summed E-state index contributed by atoms with van der Waals surface area (Å²) in [7, 11) is 3.06. The molecule has 0 aliphatic carbocycles. The van der Waals surface area contributed by atoms with Crippen molar-refractivity contribution in [2.45, 2.75) is 0 Å². The van der Waals surface area contributed by atoms with E-state index in [4.69, 9.17) is 9.47 Å². The number of rotatable bonds is 4. The summed E-state index contributed by atoms with van der Waals surface area (Å²) in [5.41, 5.74) is 1.10. The van der Waals surface area contributed by atoms with E-state index in [-0.39, 0.29) is 5.91 Å². The maximum atomic E-state index is 13.4. The van der Waals surface area contributed by atoms with Crippen LogP contribution in [0.1, 0.15) is 10.4 Å². The molecule has 3 rings (SSSR count). The normalized spacial score (nSPS) is 14.3. The van der Waals surface area contributed by atoms with Gasteiger partial charge in [0.2, 0.25) is 0 Å². The minimum Gasteiger partial charge on any atom is -0.497 e. The first-order chi connectivity index (χ1) is 12.5. The molecule has 2 aromatic rings. The van der Waals surface area contributed by atoms with Crippen LogP contribution in [0, 0.1) is 11.6 Å². The molecule has 1 amide bonds. The molecular weight excluding hydrogens is 342 g/mol. The summed E-state index contributed by atoms with van der Waals surface area (Å²) in [6, 6.07) is 8.89. The third kappa shape index (κ3) is 3.71. The zero-order valence-corrected chi connectivity index (χ0v) is 14.7. The first-order valence-corrected chi connectivity index (χ1v) is 8.24. The fourth-order valence-electron chi connectivity index (χ4n) is 2.96. The minimum absolute atomic E-state index is 0.118. The van der Waals surface area contributed by atoms with Gasteiger partial charge in [-0.25, -0.2) is 8.78 Å². The Kier molecular flexibility index (Phi) is 5.25. The molecule has 5 nitrogen and oxygen atoms in total. The van der Waals surface area contributed by atoms with Gasteiger partial charge in [0.25, 0.3) is 5.91 Å². The van der Waals surface area contributed by atoms with E-state index in [9.17, 15) is 13.6 Å². The van der Waals surface area contributed by atoms with Crippen molar-refractivity contribution < 1.29 is 23.0 Å². The molecule has 0 unspecified atom stereocenters. The van der Waals surface area contributed by atoms with Crippen molar-refractivity contribution in [1.29, 1.82) is 0 Å². The Morgan fingerprint density at radius 1 is 0.885 bits per heavy atom. The van der Waals surface area contributed by atoms with Crippen molar-refractivity contribution >= 4 is 11.6 Å². The van der Waals surface area contributed by atoms with E-state index in [1.807, 2.05) is 4.90 Å². The van der Waals surface area contributed by atoms with Crippen molar-refractivity contribution in [3.05, 3.63) is 53.6 Å². The topological polar surface area (TPSA) is 42.0 Å². The molecule has 138 valence electrons. The number of halogens is 2. The number of anilines is 1. The number of piperazine rings is 1. The first-order valence-electron chi connectivity index (χ1n) is 8.24. The maximum absolute atomic E-state index is 13.4. The average Bonchev–Trinajstić information content (AvgIpc) is 2.69. The molecule has 0 saturated carbocycles. The van der Waals surface area contributed by atoms with Crippen LogP contribution in [0.5, 0.6) is 11.5 Å². The van der Waals surface area contributed by atoms with E-state index in [1.54, 1.807) is 29.2 Å². The molecular formula is C19H20F2N2O3. The van der Waals surface area contributed by atoms with Gasteiger partial charge >= 0.3 is 0 Å². The standard InChI is InChI=1S/C19H20F2N2O3/c1-25-15-9-13(10-16(12-15)26-2)19(24)23-7-5-22(6-8-23)14-3-4-17(20)18(21)11-14/h3-4,9-12H,5-8H2,1-2H3. The van der Waals surface area contributed by atoms with Crippen LogP contribution < -0.4 is 14.4 Å². The van der Waals surface area contributed by atoms with Crippen LogP contribution in [0.15, 0.2) is 36.4 Å². The second kappa shape index (κ2) is 7.59. The Morgan fingerprint density at radius 3 is 2.04 bits per heavy atom. The van der Waals surface area contributed by atoms with Crippen LogP contribution in [0.2, 0.25) is 0 Å². The van der Waals surface area contributed by atoms with E-state index >= 15 is 0 Å². The lowest BCUT2D eigenvalue weighted by Gasteiger charge is -2.36. The third-order valence-electron chi connectivity index (χ3n) is 4.43. The average molecular weight is 362 g/mol. The van der Waals surface area contributed by atoms with Gasteiger partial charge in [-0.15, -0.1) is 0 Å². The van der Waals surface area contributed by atoms with Gasteiger partial charge in [-0.3, -0.25) is 4.79 Å². The van der Waals surface area contributed by atoms with Gasteiger partial charge in [0.15, 0.2) is 11.6 Å². The molecule has 2 aromatic carbocycles. The van der Waals surface area contributed by atoms with Crippen molar-refractivity contribution in [1.82, 2.24) is 4.90 Å². The highest BCUT2D eigenvalue weighted by Crippen LogP contribution is 2.25. The van der Waals surface area contributed by atoms with Gasteiger partial charge in [-0.05, 0) is 24.3 Å². The molecule has 0 spiro atoms. The number of methoxy groups -OCH3 is 2. The van der Waals surface area contributed by atoms with Crippen LogP contribution in [0.4, 0.5) is 14.5 Å². The molecule has 1 heterocycles. The third-order valence-corrected chi connectivity index (χ3v) is 4.43. The molecule has 1 saturated heterocycles. The monoisotopic (exact) mass is 362 g/mol. The first kappa shape index (κ1) is 18.0. The molecule has 26 heavy (non-hydrogen) atoms. The molecule has 1 aliphatic rings. The summed E-state index contributed by atoms with van der Waals surface area (Å²) in [4.78, 5) is 16.4. The Labute approximate surface area is 150 Å². The van der Waals surface area contributed by atoms with Crippen molar-refractivity contribution in [3.63, 3.8) is 0 Å². The molecule has 0 N–H and O–H groups in total. The molecule has 0 bridgehead atoms. The van der Waals surface area contributed by atoms with Gasteiger partial charge in [0.1, 0.15) is 11.5 Å². The fourth-order valence-corrected chi connectivity index (χ4v) is 2.96. The molecule has 1 fully saturated rings. The fraction of sp³-hybridized carbons (Fsp3) is 0.316. The van der Waals surface area contributed by atoms with Crippen LogP contribution in [-0.4, -0.2) is 51.2 Å². The van der Waals surface area contributed by atoms with Crippen LogP contribution >= 0.6 is 0 Å². The highest BCUT2D eigenvalue weighted by atomic mass is 19.2. The number of benzene rings is 2. The van der Waals surface area contributed by atoms with Crippen LogP contribution in [0.3, 0.4) is 0 Å². The zero-order valence-electron chi connectivity index (χ0n) is 14.7.